The van der Waals surface area contributed by atoms with Crippen molar-refractivity contribution in [3.05, 3.63) is 23.0 Å². The van der Waals surface area contributed by atoms with Crippen molar-refractivity contribution >= 4 is 29.6 Å². The molecule has 2 rings (SSSR count). The smallest absolute Gasteiger partial charge is 0.810 e. The van der Waals surface area contributed by atoms with Crippen molar-refractivity contribution in [2.24, 2.45) is 0 Å². The Morgan fingerprint density at radius 2 is 2.00 bits per heavy atom. The first-order chi connectivity index (χ1) is 9.37. The van der Waals surface area contributed by atoms with Crippen LogP contribution in [0.15, 0.2) is 17.4 Å². The van der Waals surface area contributed by atoms with E-state index < -0.39 is 23.9 Å². The molecule has 1 unspecified atom stereocenters. The number of imidazole rings is 1. The molecule has 0 radical (unpaired) electrons. The van der Waals surface area contributed by atoms with Crippen LogP contribution >= 0.6 is 7.60 Å². The van der Waals surface area contributed by atoms with Gasteiger partial charge < -0.3 is 23.9 Å². The number of fused-ring (bicyclic) bond motifs is 1. The maximum Gasteiger partial charge on any atom is 1.00 e. The molecule has 0 aliphatic carbocycles. The van der Waals surface area contributed by atoms with Crippen LogP contribution in [0.1, 0.15) is 6.42 Å². The van der Waals surface area contributed by atoms with Gasteiger partial charge in [-0.25, -0.2) is 9.97 Å². The fraction of sp³-hybridized carbons (Fsp3) is 0.444. The van der Waals surface area contributed by atoms with E-state index in [-0.39, 0.29) is 75.9 Å². The summed E-state index contributed by atoms with van der Waals surface area (Å²) in [5.74, 6) is 0.0807. The molecular weight excluding hydrogens is 353 g/mol. The van der Waals surface area contributed by atoms with Crippen molar-refractivity contribution in [3.63, 3.8) is 0 Å². The molecule has 1 atom stereocenters. The van der Waals surface area contributed by atoms with Crippen LogP contribution in [-0.4, -0.2) is 35.0 Å². The van der Waals surface area contributed by atoms with E-state index in [2.05, 4.69) is 15.0 Å². The molecule has 0 aromatic carbocycles. The number of hydrogen-bond donors (Lipinski definition) is 1. The molecule has 0 aliphatic rings. The van der Waals surface area contributed by atoms with Crippen LogP contribution < -0.4 is 74.5 Å². The first-order valence-corrected chi connectivity index (χ1v) is 8.83. The average Bonchev–Trinajstić information content (AvgIpc) is 2.72. The Kier molecular flexibility index (Phi) is 10.1. The molecular formula is C9H11N4Na2O5PS. The van der Waals surface area contributed by atoms with E-state index in [9.17, 15) is 23.4 Å². The molecule has 0 saturated carbocycles. The van der Waals surface area contributed by atoms with Crippen molar-refractivity contribution < 1.29 is 77.7 Å². The van der Waals surface area contributed by atoms with Gasteiger partial charge in [0.05, 0.1) is 18.1 Å². The first-order valence-electron chi connectivity index (χ1n) is 5.61. The van der Waals surface area contributed by atoms with Crippen LogP contribution in [0.25, 0.3) is 11.2 Å². The average molecular weight is 364 g/mol. The summed E-state index contributed by atoms with van der Waals surface area (Å²) in [7, 11) is -6.44. The maximum atomic E-state index is 11.4. The predicted octanol–water partition coefficient (Wildman–Crippen LogP) is -7.86. The summed E-state index contributed by atoms with van der Waals surface area (Å²) in [5, 5.41) is 0. The number of hydrogen-bond acceptors (Lipinski definition) is 7. The molecule has 1 N–H and O–H groups in total. The minimum Gasteiger partial charge on any atom is -0.810 e. The van der Waals surface area contributed by atoms with E-state index in [1.807, 2.05) is 0 Å². The summed E-state index contributed by atoms with van der Waals surface area (Å²) in [6.45, 7) is 0.376. The number of H-pyrrole nitrogens is 1. The van der Waals surface area contributed by atoms with E-state index in [1.165, 1.54) is 12.7 Å². The molecule has 0 aliphatic heterocycles. The third kappa shape index (κ3) is 6.64. The van der Waals surface area contributed by atoms with Crippen molar-refractivity contribution in [2.45, 2.75) is 13.0 Å². The second-order valence-corrected chi connectivity index (χ2v) is 7.62. The molecule has 2 aromatic heterocycles. The van der Waals surface area contributed by atoms with Gasteiger partial charge in [0.25, 0.3) is 5.56 Å². The summed E-state index contributed by atoms with van der Waals surface area (Å²) >= 11 is 0. The molecule has 13 heteroatoms. The Morgan fingerprint density at radius 1 is 1.32 bits per heavy atom. The Hall–Kier alpha value is 0.650. The first kappa shape index (κ1) is 22.6. The van der Waals surface area contributed by atoms with Gasteiger partial charge in [0.15, 0.2) is 11.2 Å². The molecule has 0 saturated heterocycles. The number of nitrogens with one attached hydrogen (secondary N) is 1. The molecule has 0 bridgehead atoms. The molecule has 0 fully saturated rings. The fourth-order valence-corrected chi connectivity index (χ4v) is 4.07. The summed E-state index contributed by atoms with van der Waals surface area (Å²) in [5.41, 5.74) is -0.596. The van der Waals surface area contributed by atoms with Crippen molar-refractivity contribution in [2.75, 3.05) is 11.2 Å². The zero-order chi connectivity index (χ0) is 14.8. The molecule has 22 heavy (non-hydrogen) atoms. The summed E-state index contributed by atoms with van der Waals surface area (Å²) < 4.78 is 23.4. The molecule has 2 aromatic rings. The van der Waals surface area contributed by atoms with Gasteiger partial charge in [-0.1, -0.05) is 7.60 Å². The van der Waals surface area contributed by atoms with Gasteiger partial charge in [0.1, 0.15) is 0 Å². The van der Waals surface area contributed by atoms with E-state index in [4.69, 9.17) is 0 Å². The van der Waals surface area contributed by atoms with Crippen LogP contribution in [0.5, 0.6) is 0 Å². The van der Waals surface area contributed by atoms with E-state index in [1.54, 1.807) is 4.57 Å². The minimum atomic E-state index is -4.74. The zero-order valence-electron chi connectivity index (χ0n) is 12.2. The van der Waals surface area contributed by atoms with Gasteiger partial charge in [0, 0.05) is 23.1 Å². The number of aryl methyl sites for hydroxylation is 1. The number of nitrogens with zero attached hydrogens (tertiary/aromatic N) is 3. The van der Waals surface area contributed by atoms with Crippen LogP contribution in [0.3, 0.4) is 0 Å². The van der Waals surface area contributed by atoms with E-state index in [0.29, 0.717) is 18.6 Å². The van der Waals surface area contributed by atoms with Crippen LogP contribution in [0.2, 0.25) is 0 Å². The number of aromatic nitrogens is 4. The predicted molar refractivity (Wildman–Crippen MR) is 68.2 cm³/mol. The third-order valence-corrected chi connectivity index (χ3v) is 5.64. The van der Waals surface area contributed by atoms with Crippen molar-refractivity contribution in [1.82, 2.24) is 19.5 Å². The normalized spacial score (nSPS) is 12.5. The second kappa shape index (κ2) is 9.83. The van der Waals surface area contributed by atoms with Gasteiger partial charge in [-0.15, -0.1) is 0 Å². The third-order valence-electron chi connectivity index (χ3n) is 2.48. The Morgan fingerprint density at radius 3 is 2.64 bits per heavy atom. The minimum absolute atomic E-state index is 0. The van der Waals surface area contributed by atoms with Gasteiger partial charge in [0.2, 0.25) is 0 Å². The maximum absolute atomic E-state index is 11.4. The standard InChI is InChI=1S/C9H13N4O5PS.2Na/c14-9-7-8(10-4-11-9)13(5-12-7)2-1-3-20(18)6-19(15,16)17;;/h4-5H,1-3,6H2,(H,10,11,14)(H2,15,16,17);;/q;2*+1/p-2. The largest absolute Gasteiger partial charge is 1.00 e. The van der Waals surface area contributed by atoms with Gasteiger partial charge in [-0.2, -0.15) is 0 Å². The van der Waals surface area contributed by atoms with Crippen LogP contribution in [0.4, 0.5) is 0 Å². The fourth-order valence-electron chi connectivity index (χ4n) is 1.69. The van der Waals surface area contributed by atoms with Crippen molar-refractivity contribution in [3.8, 4) is 0 Å². The Labute approximate surface area is 172 Å². The van der Waals surface area contributed by atoms with Gasteiger partial charge in [-0.05, 0) is 6.42 Å². The number of rotatable bonds is 6. The monoisotopic (exact) mass is 364 g/mol. The summed E-state index contributed by atoms with van der Waals surface area (Å²) in [6.07, 6.45) is 3.07. The zero-order valence-corrected chi connectivity index (χ0v) is 17.9. The van der Waals surface area contributed by atoms with Crippen LogP contribution in [0, 0.1) is 0 Å². The molecule has 0 spiro atoms. The van der Waals surface area contributed by atoms with Gasteiger partial charge >= 0.3 is 59.1 Å². The van der Waals surface area contributed by atoms with Crippen molar-refractivity contribution in [1.29, 1.82) is 0 Å². The Balaban J connectivity index is 0.00000220. The molecule has 0 amide bonds. The van der Waals surface area contributed by atoms with E-state index in [0.717, 1.165) is 0 Å². The van der Waals surface area contributed by atoms with Crippen LogP contribution in [-0.2, 0) is 21.9 Å². The number of aromatic amines is 1. The topological polar surface area (TPSA) is 144 Å². The molecule has 2 heterocycles. The second-order valence-electron chi connectivity index (χ2n) is 4.08. The van der Waals surface area contributed by atoms with E-state index >= 15 is 0 Å². The van der Waals surface area contributed by atoms with Gasteiger partial charge in [-0.3, -0.25) is 9.00 Å². The molecule has 9 nitrogen and oxygen atoms in total. The molecule has 110 valence electrons. The Bertz CT molecular complexity index is 745. The summed E-state index contributed by atoms with van der Waals surface area (Å²) in [6, 6.07) is 0. The quantitative estimate of drug-likeness (QED) is 0.396. The summed E-state index contributed by atoms with van der Waals surface area (Å²) in [4.78, 5) is 42.6. The SMILES string of the molecule is O=c1[nH]cnc2c1ncn2CCCS(=O)CP(=O)([O-])[O-].[Na+].[Na+].